The van der Waals surface area contributed by atoms with Crippen molar-refractivity contribution in [1.29, 1.82) is 0 Å². The van der Waals surface area contributed by atoms with Gasteiger partial charge in [0.1, 0.15) is 0 Å². The number of fused-ring (bicyclic) bond motifs is 1. The van der Waals surface area contributed by atoms with E-state index in [-0.39, 0.29) is 21.5 Å². The van der Waals surface area contributed by atoms with Crippen molar-refractivity contribution in [2.75, 3.05) is 5.32 Å². The van der Waals surface area contributed by atoms with E-state index in [4.69, 9.17) is 23.2 Å². The quantitative estimate of drug-likeness (QED) is 0.270. The molecule has 0 unspecified atom stereocenters. The molecule has 0 saturated carbocycles. The molecule has 2 heterocycles. The van der Waals surface area contributed by atoms with Crippen molar-refractivity contribution in [1.82, 2.24) is 15.0 Å². The van der Waals surface area contributed by atoms with Crippen LogP contribution in [-0.4, -0.2) is 29.3 Å². The lowest BCUT2D eigenvalue weighted by Gasteiger charge is -2.12. The molecule has 1 amide bonds. The van der Waals surface area contributed by atoms with Gasteiger partial charge in [0.2, 0.25) is 15.0 Å². The number of anilines is 1. The predicted molar refractivity (Wildman–Crippen MR) is 141 cm³/mol. The summed E-state index contributed by atoms with van der Waals surface area (Å²) in [6, 6.07) is 19.4. The third kappa shape index (κ3) is 4.83. The van der Waals surface area contributed by atoms with Gasteiger partial charge in [0.15, 0.2) is 0 Å². The fourth-order valence-corrected chi connectivity index (χ4v) is 5.58. The van der Waals surface area contributed by atoms with Crippen LogP contribution >= 0.6 is 23.2 Å². The molecular formula is C26H18Cl2N4O3S. The Bertz CT molecular complexity index is 1700. The Labute approximate surface area is 217 Å². The molecule has 0 aliphatic heterocycles. The van der Waals surface area contributed by atoms with Gasteiger partial charge in [0.25, 0.3) is 5.91 Å². The average Bonchev–Trinajstić information content (AvgIpc) is 3.41. The zero-order valence-electron chi connectivity index (χ0n) is 18.6. The van der Waals surface area contributed by atoms with Gasteiger partial charge in [-0.15, -0.1) is 0 Å². The van der Waals surface area contributed by atoms with Crippen molar-refractivity contribution in [3.05, 3.63) is 106 Å². The van der Waals surface area contributed by atoms with Gasteiger partial charge >= 0.3 is 0 Å². The number of nitrogens with zero attached hydrogens (tertiary/aromatic N) is 2. The monoisotopic (exact) mass is 536 g/mol. The van der Waals surface area contributed by atoms with Crippen LogP contribution in [0.1, 0.15) is 15.9 Å². The Kier molecular flexibility index (Phi) is 6.49. The number of benzene rings is 3. The van der Waals surface area contributed by atoms with E-state index in [9.17, 15) is 13.2 Å². The largest absolute Gasteiger partial charge is 0.336 e. The molecule has 0 bridgehead atoms. The van der Waals surface area contributed by atoms with Crippen LogP contribution in [0.15, 0.2) is 90.5 Å². The number of pyridine rings is 1. The van der Waals surface area contributed by atoms with E-state index in [0.29, 0.717) is 27.5 Å². The normalized spacial score (nSPS) is 11.5. The van der Waals surface area contributed by atoms with Gasteiger partial charge in [-0.1, -0.05) is 53.5 Å². The number of H-pyrrole nitrogens is 1. The van der Waals surface area contributed by atoms with Gasteiger partial charge in [0, 0.05) is 35.2 Å². The Morgan fingerprint density at radius 3 is 2.53 bits per heavy atom. The molecular weight excluding hydrogens is 519 g/mol. The molecule has 5 aromatic rings. The number of rotatable bonds is 6. The van der Waals surface area contributed by atoms with Crippen molar-refractivity contribution in [3.63, 3.8) is 0 Å². The van der Waals surface area contributed by atoms with Crippen LogP contribution in [0.5, 0.6) is 0 Å². The first-order chi connectivity index (χ1) is 17.3. The van der Waals surface area contributed by atoms with Gasteiger partial charge in [-0.05, 0) is 47.3 Å². The number of sulfone groups is 1. The lowest BCUT2D eigenvalue weighted by Crippen LogP contribution is -2.13. The summed E-state index contributed by atoms with van der Waals surface area (Å²) in [5, 5.41) is 5.29. The molecule has 5 rings (SSSR count). The second-order valence-corrected chi connectivity index (χ2v) is 10.7. The van der Waals surface area contributed by atoms with Crippen LogP contribution in [0, 0.1) is 0 Å². The summed E-state index contributed by atoms with van der Waals surface area (Å²) in [5.74, 6) is -0.750. The molecule has 0 aliphatic carbocycles. The highest BCUT2D eigenvalue weighted by molar-refractivity contribution is 7.90. The number of aromatic amines is 1. The van der Waals surface area contributed by atoms with Crippen molar-refractivity contribution < 1.29 is 13.2 Å². The summed E-state index contributed by atoms with van der Waals surface area (Å²) in [5.41, 5.74) is 2.53. The van der Waals surface area contributed by atoms with Crippen molar-refractivity contribution in [2.24, 2.45) is 0 Å². The summed E-state index contributed by atoms with van der Waals surface area (Å²) < 4.78 is 24.9. The van der Waals surface area contributed by atoms with E-state index in [2.05, 4.69) is 20.3 Å². The highest BCUT2D eigenvalue weighted by Gasteiger charge is 2.20. The number of carbonyl (C=O) groups excluding carboxylic acids is 1. The van der Waals surface area contributed by atoms with Gasteiger partial charge in [0.05, 0.1) is 27.1 Å². The van der Waals surface area contributed by atoms with Crippen molar-refractivity contribution in [3.8, 4) is 11.3 Å². The van der Waals surface area contributed by atoms with Gasteiger partial charge in [-0.25, -0.2) is 13.4 Å². The van der Waals surface area contributed by atoms with E-state index < -0.39 is 15.7 Å². The minimum atomic E-state index is -3.66. The molecule has 7 nitrogen and oxygen atoms in total. The molecule has 10 heteroatoms. The summed E-state index contributed by atoms with van der Waals surface area (Å²) in [4.78, 5) is 23.9. The van der Waals surface area contributed by atoms with Gasteiger partial charge < -0.3 is 10.3 Å². The number of imidazole rings is 1. The zero-order valence-corrected chi connectivity index (χ0v) is 20.9. The van der Waals surface area contributed by atoms with E-state index in [1.807, 2.05) is 30.3 Å². The minimum absolute atomic E-state index is 0.125. The molecule has 0 aliphatic rings. The molecule has 3 aromatic carbocycles. The maximum Gasteiger partial charge on any atom is 0.257 e. The standard InChI is InChI=1S/C26H18Cl2N4O3S/c27-22-8-6-18(14-21(22)24-19-4-2-1-3-17(19)9-10-29-24)32-25(33)20-7-5-16(13-23(20)28)15-36(34,35)26-30-11-12-31-26/h1-14H,15H2,(H,30,31)(H,32,33). The molecule has 2 N–H and O–H groups in total. The second kappa shape index (κ2) is 9.73. The van der Waals surface area contributed by atoms with Crippen LogP contribution in [0.2, 0.25) is 10.0 Å². The Morgan fingerprint density at radius 1 is 0.917 bits per heavy atom. The number of aromatic nitrogens is 3. The predicted octanol–water partition coefficient (Wildman–Crippen LogP) is 6.16. The van der Waals surface area contributed by atoms with E-state index in [1.165, 1.54) is 24.5 Å². The molecule has 0 saturated heterocycles. The maximum atomic E-state index is 13.0. The van der Waals surface area contributed by atoms with Crippen molar-refractivity contribution >= 4 is 55.4 Å². The molecule has 0 fully saturated rings. The smallest absolute Gasteiger partial charge is 0.257 e. The first-order valence-corrected chi connectivity index (χ1v) is 13.2. The molecule has 0 spiro atoms. The average molecular weight is 537 g/mol. The SMILES string of the molecule is O=C(Nc1ccc(Cl)c(-c2nccc3ccccc23)c1)c1ccc(CS(=O)(=O)c2ncc[nH]2)cc1Cl. The number of amides is 1. The van der Waals surface area contributed by atoms with E-state index in [1.54, 1.807) is 30.5 Å². The highest BCUT2D eigenvalue weighted by atomic mass is 35.5. The van der Waals surface area contributed by atoms with Crippen LogP contribution in [0.4, 0.5) is 5.69 Å². The summed E-state index contributed by atoms with van der Waals surface area (Å²) in [7, 11) is -3.66. The number of hydrogen-bond acceptors (Lipinski definition) is 5. The fourth-order valence-electron chi connectivity index (χ4n) is 3.86. The number of hydrogen-bond donors (Lipinski definition) is 2. The maximum absolute atomic E-state index is 13.0. The third-order valence-corrected chi connectivity index (χ3v) is 7.72. The van der Waals surface area contributed by atoms with E-state index in [0.717, 1.165) is 10.8 Å². The zero-order chi connectivity index (χ0) is 25.3. The number of halogens is 2. The van der Waals surface area contributed by atoms with Gasteiger partial charge in [-0.2, -0.15) is 0 Å². The lowest BCUT2D eigenvalue weighted by molar-refractivity contribution is 0.102. The summed E-state index contributed by atoms with van der Waals surface area (Å²) in [6.07, 6.45) is 4.52. The van der Waals surface area contributed by atoms with Crippen LogP contribution in [-0.2, 0) is 15.6 Å². The van der Waals surface area contributed by atoms with Gasteiger partial charge in [-0.3, -0.25) is 9.78 Å². The van der Waals surface area contributed by atoms with Crippen LogP contribution < -0.4 is 5.32 Å². The first-order valence-electron chi connectivity index (χ1n) is 10.8. The Morgan fingerprint density at radius 2 is 1.75 bits per heavy atom. The molecule has 2 aromatic heterocycles. The Hall–Kier alpha value is -3.72. The Balaban J connectivity index is 1.39. The molecule has 36 heavy (non-hydrogen) atoms. The minimum Gasteiger partial charge on any atom is -0.336 e. The fraction of sp³-hybridized carbons (Fsp3) is 0.0385. The highest BCUT2D eigenvalue weighted by Crippen LogP contribution is 2.34. The summed E-state index contributed by atoms with van der Waals surface area (Å²) in [6.45, 7) is 0. The molecule has 0 radical (unpaired) electrons. The number of carbonyl (C=O) groups is 1. The summed E-state index contributed by atoms with van der Waals surface area (Å²) >= 11 is 12.8. The van der Waals surface area contributed by atoms with Crippen LogP contribution in [0.25, 0.3) is 22.0 Å². The molecule has 180 valence electrons. The van der Waals surface area contributed by atoms with E-state index >= 15 is 0 Å². The first kappa shape index (κ1) is 24.0. The molecule has 0 atom stereocenters. The van der Waals surface area contributed by atoms with Crippen LogP contribution in [0.3, 0.4) is 0 Å². The number of nitrogens with one attached hydrogen (secondary N) is 2. The second-order valence-electron chi connectivity index (χ2n) is 8.00. The topological polar surface area (TPSA) is 105 Å². The third-order valence-electron chi connectivity index (χ3n) is 5.56. The van der Waals surface area contributed by atoms with Crippen molar-refractivity contribution in [2.45, 2.75) is 10.9 Å². The lowest BCUT2D eigenvalue weighted by atomic mass is 10.0.